The minimum atomic E-state index is 0.910. The van der Waals surface area contributed by atoms with E-state index in [1.807, 2.05) is 0 Å². The predicted octanol–water partition coefficient (Wildman–Crippen LogP) is 18.5. The van der Waals surface area contributed by atoms with Crippen molar-refractivity contribution in [3.8, 4) is 45.0 Å². The van der Waals surface area contributed by atoms with Gasteiger partial charge in [-0.2, -0.15) is 0 Å². The molecule has 0 aliphatic carbocycles. The van der Waals surface area contributed by atoms with Crippen molar-refractivity contribution in [2.75, 3.05) is 0 Å². The van der Waals surface area contributed by atoms with Crippen LogP contribution in [0.25, 0.3) is 110 Å². The lowest BCUT2D eigenvalue weighted by Crippen LogP contribution is -1.99. The van der Waals surface area contributed by atoms with Gasteiger partial charge in [0.1, 0.15) is 11.6 Å². The van der Waals surface area contributed by atoms with Crippen LogP contribution in [0.1, 0.15) is 102 Å². The van der Waals surface area contributed by atoms with Gasteiger partial charge in [0.15, 0.2) is 0 Å². The zero-order chi connectivity index (χ0) is 45.8. The Morgan fingerprint density at radius 1 is 0.324 bits per heavy atom. The molecule has 68 heavy (non-hydrogen) atoms. The molecule has 4 heteroatoms. The Bertz CT molecular complexity index is 3150. The molecule has 11 aromatic rings. The maximum absolute atomic E-state index is 5.27. The van der Waals surface area contributed by atoms with Crippen LogP contribution in [0, 0.1) is 0 Å². The fraction of sp³-hybridized carbons (Fsp3) is 0.250. The smallest absolute Gasteiger partial charge is 0.138 e. The zero-order valence-electron chi connectivity index (χ0n) is 39.8. The van der Waals surface area contributed by atoms with E-state index in [0.717, 1.165) is 57.7 Å². The summed E-state index contributed by atoms with van der Waals surface area (Å²) in [5.41, 5.74) is 14.6. The normalized spacial score (nSPS) is 11.9. The first kappa shape index (κ1) is 43.5. The van der Waals surface area contributed by atoms with Gasteiger partial charge in [-0.1, -0.05) is 236 Å². The molecule has 2 heterocycles. The maximum atomic E-state index is 5.27. The van der Waals surface area contributed by atoms with Gasteiger partial charge in [0.25, 0.3) is 0 Å². The van der Waals surface area contributed by atoms with Gasteiger partial charge in [0, 0.05) is 32.7 Å². The third-order valence-corrected chi connectivity index (χ3v) is 14.6. The van der Waals surface area contributed by atoms with Crippen LogP contribution < -0.4 is 0 Å². The molecule has 2 N–H and O–H groups in total. The van der Waals surface area contributed by atoms with Crippen molar-refractivity contribution in [3.05, 3.63) is 169 Å². The highest BCUT2D eigenvalue weighted by Gasteiger charge is 2.18. The number of nitrogens with zero attached hydrogens (tertiary/aromatic N) is 2. The van der Waals surface area contributed by atoms with Crippen LogP contribution in [0.5, 0.6) is 0 Å². The highest BCUT2D eigenvalue weighted by atomic mass is 14.9. The number of benzene rings is 9. The lowest BCUT2D eigenvalue weighted by Gasteiger charge is -2.18. The van der Waals surface area contributed by atoms with Gasteiger partial charge in [-0.25, -0.2) is 9.97 Å². The number of imidazole rings is 2. The molecule has 0 saturated carbocycles. The average Bonchev–Trinajstić information content (AvgIpc) is 4.06. The van der Waals surface area contributed by atoms with Crippen molar-refractivity contribution in [3.63, 3.8) is 0 Å². The molecule has 0 radical (unpaired) electrons. The summed E-state index contributed by atoms with van der Waals surface area (Å²) in [4.78, 5) is 18.1. The third-order valence-electron chi connectivity index (χ3n) is 14.6. The number of H-pyrrole nitrogens is 2. The molecule has 0 fully saturated rings. The highest BCUT2D eigenvalue weighted by molar-refractivity contribution is 6.24. The largest absolute Gasteiger partial charge is 0.337 e. The lowest BCUT2D eigenvalue weighted by molar-refractivity contribution is 0.606. The molecule has 0 aliphatic heterocycles. The summed E-state index contributed by atoms with van der Waals surface area (Å²) in [6.45, 7) is 4.60. The second-order valence-electron chi connectivity index (χ2n) is 19.2. The Kier molecular flexibility index (Phi) is 12.6. The van der Waals surface area contributed by atoms with Gasteiger partial charge in [-0.05, 0) is 80.6 Å². The summed E-state index contributed by atoms with van der Waals surface area (Å²) in [6.07, 6.45) is 17.5. The van der Waals surface area contributed by atoms with Crippen LogP contribution in [-0.4, -0.2) is 19.9 Å². The quantitative estimate of drug-likeness (QED) is 0.0666. The SMILES string of the molecule is CCCCCCCCc1cc(-c2ccc(-c3nc4c5ccccc5c5ccccc5c4[nH]3)cc2)c(CCCCCCCC)cc1-c1ccc(-c2nc3c4ccccc4c4ccccc4c3[nH]2)cc1. The number of rotatable bonds is 18. The first-order valence-electron chi connectivity index (χ1n) is 25.6. The topological polar surface area (TPSA) is 57.4 Å². The number of hydrogen-bond donors (Lipinski definition) is 2. The zero-order valence-corrected chi connectivity index (χ0v) is 39.8. The molecule has 338 valence electrons. The van der Waals surface area contributed by atoms with Gasteiger partial charge >= 0.3 is 0 Å². The summed E-state index contributed by atoms with van der Waals surface area (Å²) >= 11 is 0. The van der Waals surface area contributed by atoms with Crippen molar-refractivity contribution in [1.82, 2.24) is 19.9 Å². The predicted molar refractivity (Wildman–Crippen MR) is 292 cm³/mol. The Hall–Kier alpha value is -7.04. The van der Waals surface area contributed by atoms with Crippen molar-refractivity contribution >= 4 is 65.2 Å². The van der Waals surface area contributed by atoms with Gasteiger partial charge < -0.3 is 9.97 Å². The highest BCUT2D eigenvalue weighted by Crippen LogP contribution is 2.40. The number of unbranched alkanes of at least 4 members (excludes halogenated alkanes) is 10. The molecular formula is C64H62N4. The van der Waals surface area contributed by atoms with Crippen LogP contribution in [0.3, 0.4) is 0 Å². The first-order valence-corrected chi connectivity index (χ1v) is 25.6. The molecule has 9 aromatic carbocycles. The fourth-order valence-electron chi connectivity index (χ4n) is 11.0. The molecular weight excluding hydrogens is 825 g/mol. The molecule has 0 atom stereocenters. The Labute approximate surface area is 400 Å². The van der Waals surface area contributed by atoms with Gasteiger partial charge in [0.05, 0.1) is 22.1 Å². The number of nitrogens with one attached hydrogen (secondary N) is 2. The number of fused-ring (bicyclic) bond motifs is 12. The minimum absolute atomic E-state index is 0.910. The molecule has 0 bridgehead atoms. The van der Waals surface area contributed by atoms with Crippen LogP contribution in [-0.2, 0) is 12.8 Å². The summed E-state index contributed by atoms with van der Waals surface area (Å²) in [5, 5.41) is 9.78. The number of aromatic amines is 2. The van der Waals surface area contributed by atoms with E-state index >= 15 is 0 Å². The maximum Gasteiger partial charge on any atom is 0.138 e. The van der Waals surface area contributed by atoms with Crippen LogP contribution in [0.4, 0.5) is 0 Å². The van der Waals surface area contributed by atoms with E-state index in [-0.39, 0.29) is 0 Å². The van der Waals surface area contributed by atoms with E-state index < -0.39 is 0 Å². The van der Waals surface area contributed by atoms with Gasteiger partial charge in [-0.3, -0.25) is 0 Å². The standard InChI is InChI=1S/C64H62N4/c1-3-5-7-9-11-13-23-47-41-58(44-35-39-46(40-36-44)64-67-61-55-31-21-17-27-51(55)52-28-18-22-32-56(52)62(61)68-64)48(24-14-12-10-8-6-4-2)42-57(47)43-33-37-45(38-34-43)63-65-59-53-29-19-15-25-49(53)50-26-16-20-30-54(50)60(59)66-63/h15-22,25-42H,3-14,23-24H2,1-2H3,(H,65,66)(H,67,68). The Morgan fingerprint density at radius 2 is 0.632 bits per heavy atom. The van der Waals surface area contributed by atoms with Gasteiger partial charge in [0.2, 0.25) is 0 Å². The Morgan fingerprint density at radius 3 is 1.01 bits per heavy atom. The van der Waals surface area contributed by atoms with Crippen molar-refractivity contribution in [1.29, 1.82) is 0 Å². The fourth-order valence-corrected chi connectivity index (χ4v) is 11.0. The van der Waals surface area contributed by atoms with E-state index in [2.05, 4.69) is 182 Å². The summed E-state index contributed by atoms with van der Waals surface area (Å²) in [6, 6.07) is 58.3. The van der Waals surface area contributed by atoms with Crippen LogP contribution in [0.2, 0.25) is 0 Å². The first-order chi connectivity index (χ1) is 33.7. The molecule has 0 saturated heterocycles. The molecule has 11 rings (SSSR count). The average molecular weight is 887 g/mol. The van der Waals surface area contributed by atoms with Crippen LogP contribution >= 0.6 is 0 Å². The molecule has 0 unspecified atom stereocenters. The van der Waals surface area contributed by atoms with Crippen molar-refractivity contribution in [2.45, 2.75) is 104 Å². The lowest BCUT2D eigenvalue weighted by atomic mass is 9.86. The minimum Gasteiger partial charge on any atom is -0.337 e. The Balaban J connectivity index is 0.962. The number of hydrogen-bond acceptors (Lipinski definition) is 2. The summed E-state index contributed by atoms with van der Waals surface area (Å²) in [5.74, 6) is 1.82. The van der Waals surface area contributed by atoms with Crippen LogP contribution in [0.15, 0.2) is 158 Å². The van der Waals surface area contributed by atoms with E-state index in [9.17, 15) is 0 Å². The summed E-state index contributed by atoms with van der Waals surface area (Å²) < 4.78 is 0. The molecule has 0 amide bonds. The van der Waals surface area contributed by atoms with Crippen molar-refractivity contribution < 1.29 is 0 Å². The molecule has 4 nitrogen and oxygen atoms in total. The second-order valence-corrected chi connectivity index (χ2v) is 19.2. The van der Waals surface area contributed by atoms with Crippen molar-refractivity contribution in [2.24, 2.45) is 0 Å². The van der Waals surface area contributed by atoms with Gasteiger partial charge in [-0.15, -0.1) is 0 Å². The molecule has 0 aliphatic rings. The molecule has 2 aromatic heterocycles. The van der Waals surface area contributed by atoms with E-state index in [1.54, 1.807) is 0 Å². The van der Waals surface area contributed by atoms with E-state index in [1.165, 1.54) is 154 Å². The number of aryl methyl sites for hydroxylation is 2. The monoisotopic (exact) mass is 886 g/mol. The van der Waals surface area contributed by atoms with E-state index in [0.29, 0.717) is 0 Å². The molecule has 0 spiro atoms. The number of aromatic nitrogens is 4. The third kappa shape index (κ3) is 8.47. The van der Waals surface area contributed by atoms with E-state index in [4.69, 9.17) is 9.97 Å². The second kappa shape index (κ2) is 19.7. The summed E-state index contributed by atoms with van der Waals surface area (Å²) in [7, 11) is 0.